The highest BCUT2D eigenvalue weighted by Gasteiger charge is 2.41. The van der Waals surface area contributed by atoms with E-state index >= 15 is 0 Å². The number of nitrogens with zero attached hydrogens (tertiary/aromatic N) is 6. The Hall–Kier alpha value is -3.51. The minimum atomic E-state index is -5.01. The average Bonchev–Trinajstić information content (AvgIpc) is 3.40. The molecule has 0 aliphatic heterocycles. The SMILES string of the molecule is O=C(Nc1cnc(-n2nccn2)c(Cl)c1)c1cnn(-c2cccc(F)c2Cl)c1C(F)(F)F. The zero-order valence-electron chi connectivity index (χ0n) is 15.5. The molecule has 0 unspecified atom stereocenters. The van der Waals surface area contributed by atoms with Gasteiger partial charge in [0.15, 0.2) is 11.5 Å². The molecular formula is C18H9Cl2F4N7O. The quantitative estimate of drug-likeness (QED) is 0.427. The van der Waals surface area contributed by atoms with Crippen molar-refractivity contribution < 1.29 is 22.4 Å². The van der Waals surface area contributed by atoms with E-state index in [1.54, 1.807) is 0 Å². The second kappa shape index (κ2) is 8.20. The van der Waals surface area contributed by atoms with Gasteiger partial charge in [0, 0.05) is 0 Å². The van der Waals surface area contributed by atoms with E-state index in [1.165, 1.54) is 30.7 Å². The molecule has 3 heterocycles. The lowest BCUT2D eigenvalue weighted by Gasteiger charge is -2.14. The summed E-state index contributed by atoms with van der Waals surface area (Å²) < 4.78 is 55.5. The van der Waals surface area contributed by atoms with Gasteiger partial charge in [0.05, 0.1) is 46.7 Å². The zero-order valence-corrected chi connectivity index (χ0v) is 17.0. The van der Waals surface area contributed by atoms with Crippen LogP contribution in [0, 0.1) is 5.82 Å². The van der Waals surface area contributed by atoms with Crippen molar-refractivity contribution in [1.82, 2.24) is 29.8 Å². The van der Waals surface area contributed by atoms with E-state index in [0.29, 0.717) is 10.9 Å². The zero-order chi connectivity index (χ0) is 23.0. The molecule has 0 radical (unpaired) electrons. The maximum Gasteiger partial charge on any atom is 0.434 e. The van der Waals surface area contributed by atoms with Crippen molar-refractivity contribution in [3.63, 3.8) is 0 Å². The molecule has 8 nitrogen and oxygen atoms in total. The fraction of sp³-hybridized carbons (Fsp3) is 0.0556. The molecule has 4 aromatic rings. The Bertz CT molecular complexity index is 1310. The van der Waals surface area contributed by atoms with Gasteiger partial charge in [-0.15, -0.1) is 4.80 Å². The number of carbonyl (C=O) groups is 1. The van der Waals surface area contributed by atoms with Crippen LogP contribution < -0.4 is 5.32 Å². The smallest absolute Gasteiger partial charge is 0.320 e. The molecule has 0 bridgehead atoms. The first-order valence-corrected chi connectivity index (χ1v) is 9.35. The number of alkyl halides is 3. The monoisotopic (exact) mass is 485 g/mol. The molecule has 0 saturated carbocycles. The minimum Gasteiger partial charge on any atom is -0.320 e. The Labute approximate surface area is 186 Å². The highest BCUT2D eigenvalue weighted by molar-refractivity contribution is 6.32. The summed E-state index contributed by atoms with van der Waals surface area (Å²) in [6.45, 7) is 0. The van der Waals surface area contributed by atoms with Crippen LogP contribution in [0.15, 0.2) is 49.1 Å². The first-order valence-electron chi connectivity index (χ1n) is 8.60. The molecule has 0 fully saturated rings. The van der Waals surface area contributed by atoms with Gasteiger partial charge in [0.2, 0.25) is 0 Å². The van der Waals surface area contributed by atoms with Crippen LogP contribution >= 0.6 is 23.2 Å². The summed E-state index contributed by atoms with van der Waals surface area (Å²) in [5, 5.41) is 13.1. The van der Waals surface area contributed by atoms with E-state index in [9.17, 15) is 22.4 Å². The van der Waals surface area contributed by atoms with Gasteiger partial charge >= 0.3 is 6.18 Å². The van der Waals surface area contributed by atoms with Crippen LogP contribution in [0.2, 0.25) is 10.0 Å². The predicted molar refractivity (Wildman–Crippen MR) is 106 cm³/mol. The fourth-order valence-electron chi connectivity index (χ4n) is 2.80. The molecule has 0 aliphatic rings. The van der Waals surface area contributed by atoms with Crippen molar-refractivity contribution in [3.05, 3.63) is 76.2 Å². The number of carbonyl (C=O) groups excluding carboxylic acids is 1. The van der Waals surface area contributed by atoms with E-state index in [2.05, 4.69) is 25.6 Å². The van der Waals surface area contributed by atoms with E-state index in [4.69, 9.17) is 23.2 Å². The summed E-state index contributed by atoms with van der Waals surface area (Å²) in [5.74, 6) is -1.93. The van der Waals surface area contributed by atoms with Gasteiger partial charge in [-0.05, 0) is 18.2 Å². The number of anilines is 1. The van der Waals surface area contributed by atoms with Crippen molar-refractivity contribution in [2.24, 2.45) is 0 Å². The second-order valence-electron chi connectivity index (χ2n) is 6.19. The first kappa shape index (κ1) is 21.7. The Balaban J connectivity index is 1.70. The number of pyridine rings is 1. The largest absolute Gasteiger partial charge is 0.434 e. The minimum absolute atomic E-state index is 0.0144. The molecule has 4 rings (SSSR count). The number of aromatic nitrogens is 6. The molecule has 1 amide bonds. The molecule has 32 heavy (non-hydrogen) atoms. The predicted octanol–water partition coefficient (Wildman–Crippen LogP) is 4.57. The van der Waals surface area contributed by atoms with Crippen LogP contribution in [0.3, 0.4) is 0 Å². The second-order valence-corrected chi connectivity index (χ2v) is 6.98. The molecule has 14 heteroatoms. The van der Waals surface area contributed by atoms with Crippen LogP contribution in [-0.2, 0) is 6.18 Å². The van der Waals surface area contributed by atoms with Crippen LogP contribution in [0.1, 0.15) is 16.1 Å². The summed E-state index contributed by atoms with van der Waals surface area (Å²) >= 11 is 11.9. The number of nitrogens with one attached hydrogen (secondary N) is 1. The molecular weight excluding hydrogens is 477 g/mol. The Kier molecular flexibility index (Phi) is 5.57. The van der Waals surface area contributed by atoms with Gasteiger partial charge in [-0.1, -0.05) is 29.3 Å². The highest BCUT2D eigenvalue weighted by Crippen LogP contribution is 2.36. The third-order valence-electron chi connectivity index (χ3n) is 4.13. The van der Waals surface area contributed by atoms with Crippen molar-refractivity contribution in [2.75, 3.05) is 5.32 Å². The van der Waals surface area contributed by atoms with E-state index in [-0.39, 0.29) is 22.2 Å². The lowest BCUT2D eigenvalue weighted by atomic mass is 10.2. The molecule has 0 aliphatic carbocycles. The summed E-state index contributed by atoms with van der Waals surface area (Å²) in [7, 11) is 0. The standard InChI is InChI=1S/C18H9Cl2F4N7O/c19-11-6-9(7-25-16(11)31-26-4-5-27-31)29-17(32)10-8-28-30(15(10)18(22,23)24)13-3-1-2-12(21)14(13)20/h1-8H,(H,29,32). The number of rotatable bonds is 4. The third kappa shape index (κ3) is 4.01. The highest BCUT2D eigenvalue weighted by atomic mass is 35.5. The molecule has 1 aromatic carbocycles. The summed E-state index contributed by atoms with van der Waals surface area (Å²) in [6, 6.07) is 4.56. The number of amides is 1. The maximum atomic E-state index is 13.8. The number of hydrogen-bond donors (Lipinski definition) is 1. The topological polar surface area (TPSA) is 90.5 Å². The molecule has 0 spiro atoms. The summed E-state index contributed by atoms with van der Waals surface area (Å²) in [6.07, 6.45) is -0.339. The van der Waals surface area contributed by atoms with Gasteiger partial charge in [0.1, 0.15) is 10.8 Å². The Morgan fingerprint density at radius 2 is 1.78 bits per heavy atom. The molecule has 164 valence electrons. The first-order chi connectivity index (χ1) is 15.2. The van der Waals surface area contributed by atoms with Gasteiger partial charge in [-0.25, -0.2) is 14.1 Å². The molecule has 3 aromatic heterocycles. The maximum absolute atomic E-state index is 13.8. The van der Waals surface area contributed by atoms with Gasteiger partial charge in [0.25, 0.3) is 5.91 Å². The van der Waals surface area contributed by atoms with Crippen LogP contribution in [0.4, 0.5) is 23.2 Å². The van der Waals surface area contributed by atoms with E-state index < -0.39 is 34.2 Å². The van der Waals surface area contributed by atoms with Crippen molar-refractivity contribution in [2.45, 2.75) is 6.18 Å². The lowest BCUT2D eigenvalue weighted by Crippen LogP contribution is -2.21. The Morgan fingerprint density at radius 3 is 2.44 bits per heavy atom. The number of benzene rings is 1. The normalized spacial score (nSPS) is 11.6. The third-order valence-corrected chi connectivity index (χ3v) is 4.78. The fourth-order valence-corrected chi connectivity index (χ4v) is 3.24. The molecule has 0 atom stereocenters. The van der Waals surface area contributed by atoms with Crippen molar-refractivity contribution in [3.8, 4) is 11.5 Å². The van der Waals surface area contributed by atoms with E-state index in [1.807, 2.05) is 0 Å². The van der Waals surface area contributed by atoms with Gasteiger partial charge in [-0.3, -0.25) is 4.79 Å². The van der Waals surface area contributed by atoms with Crippen LogP contribution in [0.25, 0.3) is 11.5 Å². The van der Waals surface area contributed by atoms with Crippen molar-refractivity contribution >= 4 is 34.8 Å². The van der Waals surface area contributed by atoms with Crippen molar-refractivity contribution in [1.29, 1.82) is 0 Å². The van der Waals surface area contributed by atoms with Crippen LogP contribution in [0.5, 0.6) is 0 Å². The number of halogens is 6. The van der Waals surface area contributed by atoms with Crippen LogP contribution in [-0.4, -0.2) is 35.7 Å². The van der Waals surface area contributed by atoms with Gasteiger partial charge in [-0.2, -0.15) is 28.5 Å². The number of hydrogen-bond acceptors (Lipinski definition) is 5. The summed E-state index contributed by atoms with van der Waals surface area (Å²) in [4.78, 5) is 17.8. The molecule has 0 saturated heterocycles. The van der Waals surface area contributed by atoms with Gasteiger partial charge < -0.3 is 5.32 Å². The lowest BCUT2D eigenvalue weighted by molar-refractivity contribution is -0.143. The summed E-state index contributed by atoms with van der Waals surface area (Å²) in [5.41, 5.74) is -2.61. The van der Waals surface area contributed by atoms with E-state index in [0.717, 1.165) is 16.9 Å². The average molecular weight is 486 g/mol. The Morgan fingerprint density at radius 1 is 1.06 bits per heavy atom. The molecule has 1 N–H and O–H groups in total.